The molecule has 4 heteroatoms. The molecule has 0 aromatic heterocycles. The summed E-state index contributed by atoms with van der Waals surface area (Å²) in [5, 5.41) is 1.17. The van der Waals surface area contributed by atoms with E-state index in [4.69, 9.17) is 0 Å². The Balaban J connectivity index is 3.28. The molecule has 0 amide bonds. The Morgan fingerprint density at radius 2 is 1.40 bits per heavy atom. The van der Waals surface area contributed by atoms with Gasteiger partial charge in [-0.25, -0.2) is 0 Å². The van der Waals surface area contributed by atoms with Gasteiger partial charge in [0.05, 0.1) is 10.2 Å². The van der Waals surface area contributed by atoms with E-state index in [0.29, 0.717) is 0 Å². The zero-order valence-electron chi connectivity index (χ0n) is 4.79. The van der Waals surface area contributed by atoms with Crippen molar-refractivity contribution in [2.45, 2.75) is 0 Å². The fraction of sp³-hybridized carbons (Fsp3) is 0. The summed E-state index contributed by atoms with van der Waals surface area (Å²) in [5.41, 5.74) is 0. The van der Waals surface area contributed by atoms with Gasteiger partial charge in [-0.1, -0.05) is 5.19 Å². The van der Waals surface area contributed by atoms with Crippen LogP contribution in [-0.2, 0) is 0 Å². The second-order valence-electron chi connectivity index (χ2n) is 1.75. The van der Waals surface area contributed by atoms with Crippen molar-refractivity contribution >= 4 is 83.2 Å². The van der Waals surface area contributed by atoms with Crippen LogP contribution in [0.5, 0.6) is 0 Å². The number of halogens is 3. The molecule has 0 atom stereocenters. The van der Waals surface area contributed by atoms with Crippen LogP contribution in [0.1, 0.15) is 0 Å². The van der Waals surface area contributed by atoms with Crippen molar-refractivity contribution in [3.63, 3.8) is 0 Å². The molecular weight excluding hydrogens is 481 g/mol. The van der Waals surface area contributed by atoms with Crippen LogP contribution in [0.2, 0.25) is 0 Å². The molecule has 1 rings (SSSR count). The van der Waals surface area contributed by atoms with Crippen LogP contribution < -0.4 is 5.19 Å². The summed E-state index contributed by atoms with van der Waals surface area (Å²) >= 11 is 6.97. The van der Waals surface area contributed by atoms with E-state index >= 15 is 0 Å². The highest BCUT2D eigenvalue weighted by atomic mass is 127. The van der Waals surface area contributed by atoms with Gasteiger partial charge in [0.15, 0.2) is 0 Å². The van der Waals surface area contributed by atoms with Gasteiger partial charge in [0.2, 0.25) is 0 Å². The molecule has 0 saturated carbocycles. The number of hydrogen-bond donors (Lipinski definition) is 0. The van der Waals surface area contributed by atoms with Gasteiger partial charge in [-0.05, 0) is 79.9 Å². The van der Waals surface area contributed by atoms with E-state index < -0.39 is 0 Å². The van der Waals surface area contributed by atoms with Crippen LogP contribution in [0.15, 0.2) is 12.1 Å². The number of rotatable bonds is 0. The van der Waals surface area contributed by atoms with Crippen LogP contribution in [0.25, 0.3) is 0 Å². The maximum atomic E-state index is 3.51. The fourth-order valence-corrected chi connectivity index (χ4v) is 3.03. The molecule has 1 aromatic rings. The van der Waals surface area contributed by atoms with Gasteiger partial charge in [-0.2, -0.15) is 0 Å². The lowest BCUT2D eigenvalue weighted by atomic mass is 10.4. The minimum atomic E-state index is 1.17. The fourth-order valence-electron chi connectivity index (χ4n) is 0.523. The zero-order chi connectivity index (χ0) is 7.72. The Kier molecular flexibility index (Phi) is 3.92. The topological polar surface area (TPSA) is 0 Å². The molecule has 10 heavy (non-hydrogen) atoms. The van der Waals surface area contributed by atoms with Crippen molar-refractivity contribution in [2.24, 2.45) is 0 Å². The molecule has 0 aliphatic heterocycles. The third-order valence-corrected chi connectivity index (χ3v) is 5.64. The average molecular weight is 483 g/mol. The summed E-state index contributed by atoms with van der Waals surface area (Å²) < 4.78 is 3.87. The Labute approximate surface area is 104 Å². The molecular formula is C6H2I3Si. The Morgan fingerprint density at radius 1 is 0.900 bits per heavy atom. The summed E-state index contributed by atoms with van der Waals surface area (Å²) in [6, 6.07) is 4.28. The van der Waals surface area contributed by atoms with Crippen LogP contribution >= 0.6 is 67.8 Å². The van der Waals surface area contributed by atoms with Gasteiger partial charge in [0.1, 0.15) is 0 Å². The molecule has 0 aliphatic rings. The van der Waals surface area contributed by atoms with Gasteiger partial charge in [0, 0.05) is 10.7 Å². The van der Waals surface area contributed by atoms with Crippen molar-refractivity contribution in [2.75, 3.05) is 0 Å². The first kappa shape index (κ1) is 9.71. The minimum absolute atomic E-state index is 1.17. The van der Waals surface area contributed by atoms with E-state index in [0.717, 1.165) is 0 Å². The SMILES string of the molecule is [Si]c1cc(I)c(I)cc1I. The number of benzene rings is 1. The molecule has 0 saturated heterocycles. The molecule has 0 nitrogen and oxygen atoms in total. The van der Waals surface area contributed by atoms with Crippen LogP contribution in [0, 0.1) is 10.7 Å². The third kappa shape index (κ3) is 2.31. The van der Waals surface area contributed by atoms with Gasteiger partial charge in [0.25, 0.3) is 0 Å². The lowest BCUT2D eigenvalue weighted by Crippen LogP contribution is -2.08. The lowest BCUT2D eigenvalue weighted by molar-refractivity contribution is 1.58. The van der Waals surface area contributed by atoms with Crippen molar-refractivity contribution in [1.82, 2.24) is 0 Å². The molecule has 0 unspecified atom stereocenters. The lowest BCUT2D eigenvalue weighted by Gasteiger charge is -2.00. The molecule has 0 aliphatic carbocycles. The molecule has 0 fully saturated rings. The van der Waals surface area contributed by atoms with E-state index in [2.05, 4.69) is 90.1 Å². The van der Waals surface area contributed by atoms with Gasteiger partial charge in [-0.3, -0.25) is 0 Å². The highest BCUT2D eigenvalue weighted by Crippen LogP contribution is 2.15. The van der Waals surface area contributed by atoms with Crippen LogP contribution in [0.4, 0.5) is 0 Å². The third-order valence-electron chi connectivity index (χ3n) is 1.01. The van der Waals surface area contributed by atoms with Crippen molar-refractivity contribution < 1.29 is 0 Å². The first-order valence-corrected chi connectivity index (χ1v) is 6.21. The molecule has 1 aromatic carbocycles. The summed E-state index contributed by atoms with van der Waals surface area (Å²) in [6.45, 7) is 0. The second-order valence-corrected chi connectivity index (χ2v) is 5.77. The van der Waals surface area contributed by atoms with Gasteiger partial charge in [-0.15, -0.1) is 0 Å². The highest BCUT2D eigenvalue weighted by Gasteiger charge is 1.99. The summed E-state index contributed by atoms with van der Waals surface area (Å²) in [4.78, 5) is 0. The maximum absolute atomic E-state index is 3.51. The first-order chi connectivity index (χ1) is 4.61. The standard InChI is InChI=1S/C6H2I3Si/c7-3-1-5(9)6(10)2-4(3)8/h1-2H. The summed E-state index contributed by atoms with van der Waals surface area (Å²) in [7, 11) is 3.51. The largest absolute Gasteiger partial charge is 0.0727 e. The molecule has 0 spiro atoms. The van der Waals surface area contributed by atoms with Crippen molar-refractivity contribution in [1.29, 1.82) is 0 Å². The highest BCUT2D eigenvalue weighted by molar-refractivity contribution is 14.1. The van der Waals surface area contributed by atoms with E-state index in [9.17, 15) is 0 Å². The molecule has 0 N–H and O–H groups in total. The Hall–Kier alpha value is 1.63. The normalized spacial score (nSPS) is 10.0. The Morgan fingerprint density at radius 3 is 1.90 bits per heavy atom. The Bertz CT molecular complexity index is 209. The molecule has 0 heterocycles. The predicted molar refractivity (Wildman–Crippen MR) is 70.0 cm³/mol. The second kappa shape index (κ2) is 4.03. The minimum Gasteiger partial charge on any atom is -0.0532 e. The quantitative estimate of drug-likeness (QED) is 0.302. The first-order valence-electron chi connectivity index (χ1n) is 2.47. The maximum Gasteiger partial charge on any atom is 0.0727 e. The van der Waals surface area contributed by atoms with Crippen LogP contribution in [0.3, 0.4) is 0 Å². The van der Waals surface area contributed by atoms with E-state index in [1.807, 2.05) is 0 Å². The van der Waals surface area contributed by atoms with Gasteiger partial charge < -0.3 is 0 Å². The van der Waals surface area contributed by atoms with Crippen molar-refractivity contribution in [3.8, 4) is 0 Å². The van der Waals surface area contributed by atoms with E-state index in [1.165, 1.54) is 15.9 Å². The monoisotopic (exact) mass is 483 g/mol. The summed E-state index contributed by atoms with van der Waals surface area (Å²) in [5.74, 6) is 0. The van der Waals surface area contributed by atoms with Crippen molar-refractivity contribution in [3.05, 3.63) is 22.8 Å². The predicted octanol–water partition coefficient (Wildman–Crippen LogP) is 2.29. The smallest absolute Gasteiger partial charge is 0.0532 e. The van der Waals surface area contributed by atoms with E-state index in [-0.39, 0.29) is 0 Å². The average Bonchev–Trinajstić information content (AvgIpc) is 1.84. The summed E-state index contributed by atoms with van der Waals surface area (Å²) in [6.07, 6.45) is 0. The van der Waals surface area contributed by atoms with E-state index in [1.54, 1.807) is 0 Å². The molecule has 51 valence electrons. The molecule has 3 radical (unpaired) electrons. The molecule has 0 bridgehead atoms. The van der Waals surface area contributed by atoms with Gasteiger partial charge >= 0.3 is 0 Å². The number of hydrogen-bond acceptors (Lipinski definition) is 0. The zero-order valence-corrected chi connectivity index (χ0v) is 12.3. The van der Waals surface area contributed by atoms with Crippen LogP contribution in [-0.4, -0.2) is 10.2 Å².